The lowest BCUT2D eigenvalue weighted by Crippen LogP contribution is -2.17. The van der Waals surface area contributed by atoms with Gasteiger partial charge in [-0.2, -0.15) is 0 Å². The Balaban J connectivity index is 2.54. The van der Waals surface area contributed by atoms with Crippen molar-refractivity contribution < 1.29 is 4.74 Å². The van der Waals surface area contributed by atoms with E-state index in [0.29, 0.717) is 11.1 Å². The third-order valence-corrected chi connectivity index (χ3v) is 2.47. The van der Waals surface area contributed by atoms with Crippen molar-refractivity contribution in [2.75, 3.05) is 25.6 Å². The van der Waals surface area contributed by atoms with E-state index in [1.54, 1.807) is 7.11 Å². The molecule has 0 fully saturated rings. The fraction of sp³-hybridized carbons (Fsp3) is 0.600. The molecule has 1 heterocycles. The molecule has 4 nitrogen and oxygen atoms in total. The summed E-state index contributed by atoms with van der Waals surface area (Å²) in [6, 6.07) is 0. The van der Waals surface area contributed by atoms with Gasteiger partial charge in [-0.3, -0.25) is 0 Å². The SMILES string of the molecule is COCC(C)CNc1ncnc(Cl)c1C. The van der Waals surface area contributed by atoms with E-state index < -0.39 is 0 Å². The summed E-state index contributed by atoms with van der Waals surface area (Å²) in [4.78, 5) is 8.02. The molecule has 0 aliphatic rings. The number of halogens is 1. The average molecular weight is 230 g/mol. The van der Waals surface area contributed by atoms with Crippen molar-refractivity contribution in [2.24, 2.45) is 5.92 Å². The number of hydrogen-bond acceptors (Lipinski definition) is 4. The van der Waals surface area contributed by atoms with E-state index in [0.717, 1.165) is 24.5 Å². The van der Waals surface area contributed by atoms with E-state index in [1.807, 2.05) is 6.92 Å². The van der Waals surface area contributed by atoms with Crippen LogP contribution in [0.15, 0.2) is 6.33 Å². The standard InChI is InChI=1S/C10H16ClN3O/c1-7(5-15-3)4-12-10-8(2)9(11)13-6-14-10/h6-7H,4-5H2,1-3H3,(H,12,13,14). The topological polar surface area (TPSA) is 47.0 Å². The van der Waals surface area contributed by atoms with E-state index in [2.05, 4.69) is 22.2 Å². The predicted octanol–water partition coefficient (Wildman–Crippen LogP) is 2.13. The number of nitrogens with one attached hydrogen (secondary N) is 1. The lowest BCUT2D eigenvalue weighted by molar-refractivity contribution is 0.164. The van der Waals surface area contributed by atoms with E-state index >= 15 is 0 Å². The third-order valence-electron chi connectivity index (χ3n) is 2.09. The van der Waals surface area contributed by atoms with Crippen LogP contribution in [0.1, 0.15) is 12.5 Å². The molecule has 1 unspecified atom stereocenters. The normalized spacial score (nSPS) is 12.5. The minimum absolute atomic E-state index is 0.433. The summed E-state index contributed by atoms with van der Waals surface area (Å²) in [6.07, 6.45) is 1.46. The van der Waals surface area contributed by atoms with Crippen LogP contribution in [0.3, 0.4) is 0 Å². The minimum atomic E-state index is 0.433. The Morgan fingerprint density at radius 1 is 1.53 bits per heavy atom. The van der Waals surface area contributed by atoms with Crippen LogP contribution in [-0.2, 0) is 4.74 Å². The zero-order valence-corrected chi connectivity index (χ0v) is 10.0. The second-order valence-corrected chi connectivity index (χ2v) is 3.94. The molecule has 1 atom stereocenters. The van der Waals surface area contributed by atoms with Gasteiger partial charge in [0, 0.05) is 19.2 Å². The molecule has 1 aromatic rings. The molecule has 0 aromatic carbocycles. The molecule has 1 aromatic heterocycles. The zero-order valence-electron chi connectivity index (χ0n) is 9.25. The first kappa shape index (κ1) is 12.2. The number of methoxy groups -OCH3 is 1. The molecule has 0 saturated carbocycles. The predicted molar refractivity (Wildman–Crippen MR) is 61.3 cm³/mol. The summed E-state index contributed by atoms with van der Waals surface area (Å²) in [5.74, 6) is 1.22. The van der Waals surface area contributed by atoms with Gasteiger partial charge in [-0.05, 0) is 12.8 Å². The first-order valence-electron chi connectivity index (χ1n) is 4.85. The van der Waals surface area contributed by atoms with Crippen LogP contribution in [0.5, 0.6) is 0 Å². The maximum atomic E-state index is 5.87. The van der Waals surface area contributed by atoms with Crippen LogP contribution < -0.4 is 5.32 Å². The molecule has 0 amide bonds. The largest absolute Gasteiger partial charge is 0.384 e. The summed E-state index contributed by atoms with van der Waals surface area (Å²) in [5, 5.41) is 3.72. The van der Waals surface area contributed by atoms with Crippen molar-refractivity contribution in [3.8, 4) is 0 Å². The van der Waals surface area contributed by atoms with Crippen molar-refractivity contribution in [3.05, 3.63) is 17.0 Å². The van der Waals surface area contributed by atoms with Gasteiger partial charge in [-0.15, -0.1) is 0 Å². The van der Waals surface area contributed by atoms with Crippen molar-refractivity contribution in [3.63, 3.8) is 0 Å². The van der Waals surface area contributed by atoms with Crippen LogP contribution in [-0.4, -0.2) is 30.2 Å². The smallest absolute Gasteiger partial charge is 0.137 e. The van der Waals surface area contributed by atoms with Gasteiger partial charge in [-0.1, -0.05) is 18.5 Å². The number of nitrogens with zero attached hydrogens (tertiary/aromatic N) is 2. The Morgan fingerprint density at radius 2 is 2.27 bits per heavy atom. The molecule has 5 heteroatoms. The molecular weight excluding hydrogens is 214 g/mol. The Labute approximate surface area is 95.0 Å². The average Bonchev–Trinajstić information content (AvgIpc) is 2.21. The van der Waals surface area contributed by atoms with Crippen LogP contribution in [0.25, 0.3) is 0 Å². The van der Waals surface area contributed by atoms with Gasteiger partial charge in [0.25, 0.3) is 0 Å². The summed E-state index contributed by atoms with van der Waals surface area (Å²) >= 11 is 5.87. The molecule has 0 aliphatic carbocycles. The van der Waals surface area contributed by atoms with Crippen molar-refractivity contribution >= 4 is 17.4 Å². The molecule has 84 valence electrons. The van der Waals surface area contributed by atoms with E-state index in [-0.39, 0.29) is 0 Å². The number of hydrogen-bond donors (Lipinski definition) is 1. The van der Waals surface area contributed by atoms with Gasteiger partial charge in [0.2, 0.25) is 0 Å². The van der Waals surface area contributed by atoms with E-state index in [1.165, 1.54) is 6.33 Å². The number of rotatable bonds is 5. The lowest BCUT2D eigenvalue weighted by atomic mass is 10.2. The highest BCUT2D eigenvalue weighted by Gasteiger charge is 2.06. The van der Waals surface area contributed by atoms with Gasteiger partial charge in [0.1, 0.15) is 17.3 Å². The Kier molecular flexibility index (Phi) is 4.78. The fourth-order valence-electron chi connectivity index (χ4n) is 1.22. The minimum Gasteiger partial charge on any atom is -0.384 e. The number of aromatic nitrogens is 2. The quantitative estimate of drug-likeness (QED) is 0.786. The van der Waals surface area contributed by atoms with Gasteiger partial charge in [0.15, 0.2) is 0 Å². The third kappa shape index (κ3) is 3.64. The van der Waals surface area contributed by atoms with Crippen molar-refractivity contribution in [2.45, 2.75) is 13.8 Å². The number of ether oxygens (including phenoxy) is 1. The molecule has 0 saturated heterocycles. The molecule has 0 radical (unpaired) electrons. The highest BCUT2D eigenvalue weighted by atomic mass is 35.5. The first-order chi connectivity index (χ1) is 7.15. The fourth-order valence-corrected chi connectivity index (χ4v) is 1.35. The maximum absolute atomic E-state index is 5.87. The van der Waals surface area contributed by atoms with Gasteiger partial charge in [0.05, 0.1) is 6.61 Å². The molecule has 0 aliphatic heterocycles. The molecule has 15 heavy (non-hydrogen) atoms. The van der Waals surface area contributed by atoms with Crippen LogP contribution >= 0.6 is 11.6 Å². The van der Waals surface area contributed by atoms with Crippen molar-refractivity contribution in [1.29, 1.82) is 0 Å². The van der Waals surface area contributed by atoms with E-state index in [9.17, 15) is 0 Å². The Hall–Kier alpha value is -0.870. The van der Waals surface area contributed by atoms with Crippen LogP contribution in [0.4, 0.5) is 5.82 Å². The molecule has 0 bridgehead atoms. The van der Waals surface area contributed by atoms with Crippen molar-refractivity contribution in [1.82, 2.24) is 9.97 Å². The second-order valence-electron chi connectivity index (χ2n) is 3.58. The highest BCUT2D eigenvalue weighted by Crippen LogP contribution is 2.17. The second kappa shape index (κ2) is 5.88. The summed E-state index contributed by atoms with van der Waals surface area (Å²) in [7, 11) is 1.70. The maximum Gasteiger partial charge on any atom is 0.137 e. The lowest BCUT2D eigenvalue weighted by Gasteiger charge is -2.13. The summed E-state index contributed by atoms with van der Waals surface area (Å²) in [6.45, 7) is 5.53. The van der Waals surface area contributed by atoms with Gasteiger partial charge in [-0.25, -0.2) is 9.97 Å². The monoisotopic (exact) mass is 229 g/mol. The zero-order chi connectivity index (χ0) is 11.3. The summed E-state index contributed by atoms with van der Waals surface area (Å²) < 4.78 is 5.05. The Bertz CT molecular complexity index is 320. The molecule has 1 N–H and O–H groups in total. The van der Waals surface area contributed by atoms with E-state index in [4.69, 9.17) is 16.3 Å². The summed E-state index contributed by atoms with van der Waals surface area (Å²) in [5.41, 5.74) is 0.879. The van der Waals surface area contributed by atoms with Gasteiger partial charge >= 0.3 is 0 Å². The first-order valence-corrected chi connectivity index (χ1v) is 5.22. The number of anilines is 1. The van der Waals surface area contributed by atoms with Gasteiger partial charge < -0.3 is 10.1 Å². The van der Waals surface area contributed by atoms with Crippen LogP contribution in [0.2, 0.25) is 5.15 Å². The van der Waals surface area contributed by atoms with Crippen LogP contribution in [0, 0.1) is 12.8 Å². The molecule has 0 spiro atoms. The Morgan fingerprint density at radius 3 is 2.93 bits per heavy atom. The highest BCUT2D eigenvalue weighted by molar-refractivity contribution is 6.30. The molecule has 1 rings (SSSR count). The molecular formula is C10H16ClN3O.